The molecule has 0 atom stereocenters. The summed E-state index contributed by atoms with van der Waals surface area (Å²) in [6.07, 6.45) is 3.94. The van der Waals surface area contributed by atoms with E-state index in [2.05, 4.69) is 309 Å². The smallest absolute Gasteiger partial charge is 0.151 e. The van der Waals surface area contributed by atoms with Crippen LogP contribution in [0.15, 0.2) is 133 Å². The van der Waals surface area contributed by atoms with Gasteiger partial charge in [0.2, 0.25) is 0 Å². The summed E-state index contributed by atoms with van der Waals surface area (Å²) >= 11 is 0. The number of nitrogens with zero attached hydrogens (tertiary/aromatic N) is 2. The van der Waals surface area contributed by atoms with Crippen molar-refractivity contribution < 1.29 is 19.7 Å². The lowest BCUT2D eigenvalue weighted by molar-refractivity contribution is 0.229. The standard InChI is InChI=1S/C87H110N2O4/c1-25-54-30-27-32-56(44-54)62-50-68(86(21,22)52-80(3,4)5)78(74(76(62)90)88-70-38-34-58(82(9,10)11)46-64(70)65-47-59(83(12,13)14)35-39-71(65)88)92-42-29-43-93-79-69(87(23,24)53-81(6,7)8)51-63(57-33-28-31-55(26-2)45-57)77(91)75(79)89-72-40-36-60(84(15,16)17)48-66(72)67-49-61(85(18,19)20)37-41-73(67)89/h27-28,30-41,44-51,90-91H,25-26,29,42-43,52-53H2,1-24H3. The third kappa shape index (κ3) is 13.8. The molecule has 0 spiro atoms. The number of fused-ring (bicyclic) bond motifs is 6. The summed E-state index contributed by atoms with van der Waals surface area (Å²) in [6, 6.07) is 49.4. The first kappa shape index (κ1) is 68.4. The summed E-state index contributed by atoms with van der Waals surface area (Å²) in [7, 11) is 0. The van der Waals surface area contributed by atoms with E-state index in [-0.39, 0.29) is 57.2 Å². The molecule has 0 aliphatic rings. The lowest BCUT2D eigenvalue weighted by Gasteiger charge is -2.36. The minimum Gasteiger partial charge on any atom is -0.505 e. The molecule has 492 valence electrons. The molecule has 0 saturated heterocycles. The maximum atomic E-state index is 13.6. The molecule has 0 aliphatic carbocycles. The minimum absolute atomic E-state index is 0.0509. The zero-order chi connectivity index (χ0) is 68.1. The molecule has 0 fully saturated rings. The molecule has 6 nitrogen and oxygen atoms in total. The maximum absolute atomic E-state index is 13.6. The van der Waals surface area contributed by atoms with Crippen LogP contribution in [0.5, 0.6) is 23.0 Å². The van der Waals surface area contributed by atoms with Gasteiger partial charge >= 0.3 is 0 Å². The fraction of sp³-hybridized carbons (Fsp3) is 0.448. The number of aromatic nitrogens is 2. The van der Waals surface area contributed by atoms with E-state index in [0.717, 1.165) is 103 Å². The molecule has 0 saturated carbocycles. The molecular weight excluding hydrogens is 1140 g/mol. The van der Waals surface area contributed by atoms with Crippen molar-refractivity contribution in [3.63, 3.8) is 0 Å². The number of benzene rings is 8. The SMILES string of the molecule is CCc1cccc(-c2cc(C(C)(C)CC(C)(C)C)c(OCCCOc3c(C(C)(C)CC(C)(C)C)cc(-c4cccc(CC)c4)c(O)c3-n3c4ccc(C(C)(C)C)cc4c4cc(C(C)(C)C)ccc43)c(-n3c4ccc(C(C)(C)C)cc4c4cc(C(C)(C)C)ccc43)c2O)c1. The van der Waals surface area contributed by atoms with E-state index in [1.807, 2.05) is 0 Å². The van der Waals surface area contributed by atoms with Gasteiger partial charge in [-0.05, 0) is 174 Å². The zero-order valence-electron chi connectivity index (χ0n) is 61.3. The highest BCUT2D eigenvalue weighted by Gasteiger charge is 2.38. The molecule has 10 aromatic rings. The molecule has 2 heterocycles. The summed E-state index contributed by atoms with van der Waals surface area (Å²) in [4.78, 5) is 0. The van der Waals surface area contributed by atoms with E-state index in [0.29, 0.717) is 29.3 Å². The van der Waals surface area contributed by atoms with Gasteiger partial charge in [0.25, 0.3) is 0 Å². The Bertz CT molecular complexity index is 4030. The Morgan fingerprint density at radius 2 is 0.645 bits per heavy atom. The first-order valence-electron chi connectivity index (χ1n) is 34.6. The second-order valence-electron chi connectivity index (χ2n) is 35.0. The number of ether oxygens (including phenoxy) is 2. The van der Waals surface area contributed by atoms with Gasteiger partial charge in [-0.25, -0.2) is 0 Å². The van der Waals surface area contributed by atoms with Crippen LogP contribution in [-0.2, 0) is 45.3 Å². The highest BCUT2D eigenvalue weighted by atomic mass is 16.5. The summed E-state index contributed by atoms with van der Waals surface area (Å²) in [5.41, 5.74) is 16.9. The van der Waals surface area contributed by atoms with E-state index >= 15 is 0 Å². The van der Waals surface area contributed by atoms with Gasteiger partial charge in [-0.1, -0.05) is 239 Å². The molecule has 2 N–H and O–H groups in total. The van der Waals surface area contributed by atoms with Crippen LogP contribution in [0.4, 0.5) is 0 Å². The van der Waals surface area contributed by atoms with Gasteiger partial charge in [-0.3, -0.25) is 0 Å². The third-order valence-corrected chi connectivity index (χ3v) is 19.4. The molecule has 2 aromatic heterocycles. The van der Waals surface area contributed by atoms with Gasteiger partial charge < -0.3 is 28.8 Å². The van der Waals surface area contributed by atoms with Crippen LogP contribution in [0.3, 0.4) is 0 Å². The molecule has 0 radical (unpaired) electrons. The Morgan fingerprint density at radius 3 is 0.903 bits per heavy atom. The molecule has 8 aromatic carbocycles. The van der Waals surface area contributed by atoms with Crippen molar-refractivity contribution in [2.45, 2.75) is 231 Å². The molecule has 10 rings (SSSR count). The van der Waals surface area contributed by atoms with Gasteiger partial charge in [-0.15, -0.1) is 0 Å². The molecule has 6 heteroatoms. The number of hydrogen-bond acceptors (Lipinski definition) is 4. The topological polar surface area (TPSA) is 68.8 Å². The number of phenolic OH excluding ortho intramolecular Hbond substituents is 2. The number of aromatic hydroxyl groups is 2. The fourth-order valence-electron chi connectivity index (χ4n) is 15.0. The summed E-state index contributed by atoms with van der Waals surface area (Å²) in [6.45, 7) is 55.5. The summed E-state index contributed by atoms with van der Waals surface area (Å²) in [5, 5.41) is 31.7. The van der Waals surface area contributed by atoms with Gasteiger partial charge in [0.05, 0.1) is 35.3 Å². The monoisotopic (exact) mass is 1250 g/mol. The predicted octanol–water partition coefficient (Wildman–Crippen LogP) is 24.2. The summed E-state index contributed by atoms with van der Waals surface area (Å²) < 4.78 is 19.7. The molecule has 0 bridgehead atoms. The zero-order valence-corrected chi connectivity index (χ0v) is 61.3. The Kier molecular flexibility index (Phi) is 18.0. The number of aryl methyl sites for hydroxylation is 2. The second-order valence-corrected chi connectivity index (χ2v) is 35.0. The Morgan fingerprint density at radius 1 is 0.355 bits per heavy atom. The molecule has 93 heavy (non-hydrogen) atoms. The van der Waals surface area contributed by atoms with Crippen molar-refractivity contribution in [1.82, 2.24) is 9.13 Å². The van der Waals surface area contributed by atoms with Crippen LogP contribution in [-0.4, -0.2) is 32.6 Å². The highest BCUT2D eigenvalue weighted by molar-refractivity contribution is 6.12. The average molecular weight is 1250 g/mol. The van der Waals surface area contributed by atoms with Crippen molar-refractivity contribution in [1.29, 1.82) is 0 Å². The molecule has 0 aliphatic heterocycles. The van der Waals surface area contributed by atoms with E-state index in [9.17, 15) is 10.2 Å². The van der Waals surface area contributed by atoms with Crippen LogP contribution in [0.1, 0.15) is 230 Å². The van der Waals surface area contributed by atoms with Crippen molar-refractivity contribution in [3.8, 4) is 56.6 Å². The van der Waals surface area contributed by atoms with Crippen LogP contribution >= 0.6 is 0 Å². The summed E-state index contributed by atoms with van der Waals surface area (Å²) in [5.74, 6) is 1.67. The van der Waals surface area contributed by atoms with Gasteiger partial charge in [0.1, 0.15) is 11.4 Å². The quantitative estimate of drug-likeness (QED) is 0.0946. The van der Waals surface area contributed by atoms with E-state index in [1.54, 1.807) is 0 Å². The molecular formula is C87H110N2O4. The van der Waals surface area contributed by atoms with Crippen LogP contribution in [0, 0.1) is 10.8 Å². The first-order valence-corrected chi connectivity index (χ1v) is 34.6. The molecule has 0 unspecified atom stereocenters. The Balaban J connectivity index is 1.21. The van der Waals surface area contributed by atoms with Crippen molar-refractivity contribution >= 4 is 43.6 Å². The predicted molar refractivity (Wildman–Crippen MR) is 399 cm³/mol. The first-order chi connectivity index (χ1) is 43.1. The van der Waals surface area contributed by atoms with E-state index in [1.165, 1.54) is 33.4 Å². The van der Waals surface area contributed by atoms with Crippen LogP contribution in [0.25, 0.3) is 77.2 Å². The van der Waals surface area contributed by atoms with E-state index in [4.69, 9.17) is 9.47 Å². The maximum Gasteiger partial charge on any atom is 0.151 e. The van der Waals surface area contributed by atoms with Crippen LogP contribution in [0.2, 0.25) is 0 Å². The number of rotatable bonds is 16. The van der Waals surface area contributed by atoms with E-state index < -0.39 is 10.8 Å². The van der Waals surface area contributed by atoms with Crippen molar-refractivity contribution in [2.24, 2.45) is 10.8 Å². The Labute approximate surface area is 558 Å². The lowest BCUT2D eigenvalue weighted by atomic mass is 9.71. The largest absolute Gasteiger partial charge is 0.505 e. The fourth-order valence-corrected chi connectivity index (χ4v) is 15.0. The minimum atomic E-state index is -0.427. The lowest BCUT2D eigenvalue weighted by Crippen LogP contribution is -2.27. The van der Waals surface area contributed by atoms with Gasteiger partial charge in [0.15, 0.2) is 23.0 Å². The van der Waals surface area contributed by atoms with Gasteiger partial charge in [0, 0.05) is 50.2 Å². The van der Waals surface area contributed by atoms with Gasteiger partial charge in [-0.2, -0.15) is 0 Å². The Hall–Kier alpha value is -7.44. The van der Waals surface area contributed by atoms with Crippen molar-refractivity contribution in [3.05, 3.63) is 178 Å². The second kappa shape index (κ2) is 24.4. The van der Waals surface area contributed by atoms with Crippen LogP contribution < -0.4 is 9.47 Å². The average Bonchev–Trinajstić information content (AvgIpc) is 1.63. The normalized spacial score (nSPS) is 13.3. The van der Waals surface area contributed by atoms with Crippen molar-refractivity contribution in [2.75, 3.05) is 13.2 Å². The number of hydrogen-bond donors (Lipinski definition) is 2. The third-order valence-electron chi connectivity index (χ3n) is 19.4. The molecule has 0 amide bonds. The number of phenols is 2. The highest BCUT2D eigenvalue weighted by Crippen LogP contribution is 2.55.